The second-order valence-electron chi connectivity index (χ2n) is 3.12. The van der Waals surface area contributed by atoms with Gasteiger partial charge in [0, 0.05) is 0 Å². The SMILES string of the molecule is CC(C)C1CC1C.S. The summed E-state index contributed by atoms with van der Waals surface area (Å²) in [6.07, 6.45) is 1.48. The molecule has 1 rings (SSSR count). The van der Waals surface area contributed by atoms with Gasteiger partial charge in [-0.15, -0.1) is 0 Å². The van der Waals surface area contributed by atoms with Crippen molar-refractivity contribution in [2.45, 2.75) is 27.2 Å². The van der Waals surface area contributed by atoms with Crippen LogP contribution in [0.4, 0.5) is 0 Å². The van der Waals surface area contributed by atoms with Crippen molar-refractivity contribution in [3.8, 4) is 0 Å². The Balaban J connectivity index is 0.000000490. The van der Waals surface area contributed by atoms with Gasteiger partial charge < -0.3 is 0 Å². The zero-order valence-corrected chi connectivity index (χ0v) is 6.94. The molecule has 0 nitrogen and oxygen atoms in total. The molecule has 2 unspecified atom stereocenters. The van der Waals surface area contributed by atoms with E-state index in [1.165, 1.54) is 6.42 Å². The predicted molar refractivity (Wildman–Crippen MR) is 42.5 cm³/mol. The Morgan fingerprint density at radius 3 is 1.75 bits per heavy atom. The molecule has 0 amide bonds. The summed E-state index contributed by atoms with van der Waals surface area (Å²) in [6.45, 7) is 6.97. The van der Waals surface area contributed by atoms with Crippen molar-refractivity contribution in [2.75, 3.05) is 0 Å². The highest BCUT2D eigenvalue weighted by molar-refractivity contribution is 7.59. The Bertz CT molecular complexity index is 68.8. The normalized spacial score (nSPS) is 34.5. The molecule has 1 fully saturated rings. The zero-order chi connectivity index (χ0) is 5.44. The molecule has 2 atom stereocenters. The third kappa shape index (κ3) is 1.70. The lowest BCUT2D eigenvalue weighted by atomic mass is 10.1. The van der Waals surface area contributed by atoms with E-state index >= 15 is 0 Å². The van der Waals surface area contributed by atoms with E-state index in [1.54, 1.807) is 0 Å². The van der Waals surface area contributed by atoms with Crippen LogP contribution in [0.2, 0.25) is 0 Å². The molecular weight excluding hydrogens is 116 g/mol. The van der Waals surface area contributed by atoms with Crippen LogP contribution in [-0.4, -0.2) is 0 Å². The summed E-state index contributed by atoms with van der Waals surface area (Å²) < 4.78 is 0. The van der Waals surface area contributed by atoms with Gasteiger partial charge in [-0.25, -0.2) is 0 Å². The minimum Gasteiger partial charge on any atom is -0.197 e. The molecule has 0 aromatic rings. The summed E-state index contributed by atoms with van der Waals surface area (Å²) in [7, 11) is 0. The fourth-order valence-corrected chi connectivity index (χ4v) is 1.28. The average Bonchev–Trinajstić information content (AvgIpc) is 2.17. The van der Waals surface area contributed by atoms with E-state index < -0.39 is 0 Å². The van der Waals surface area contributed by atoms with Gasteiger partial charge in [0.2, 0.25) is 0 Å². The first-order chi connectivity index (χ1) is 3.22. The standard InChI is InChI=1S/C7H14.H2S/c1-5(2)7-4-6(7)3;/h5-7H,4H2,1-3H3;1H2. The highest BCUT2D eigenvalue weighted by atomic mass is 32.1. The van der Waals surface area contributed by atoms with Crippen molar-refractivity contribution >= 4 is 13.5 Å². The van der Waals surface area contributed by atoms with E-state index in [9.17, 15) is 0 Å². The number of hydrogen-bond donors (Lipinski definition) is 0. The van der Waals surface area contributed by atoms with Crippen molar-refractivity contribution in [1.29, 1.82) is 0 Å². The van der Waals surface area contributed by atoms with Crippen LogP contribution in [0.1, 0.15) is 27.2 Å². The average molecular weight is 132 g/mol. The van der Waals surface area contributed by atoms with E-state index in [0.29, 0.717) is 0 Å². The summed E-state index contributed by atoms with van der Waals surface area (Å²) >= 11 is 0. The van der Waals surface area contributed by atoms with Crippen LogP contribution in [0.5, 0.6) is 0 Å². The van der Waals surface area contributed by atoms with Crippen LogP contribution in [0.15, 0.2) is 0 Å². The molecule has 1 saturated carbocycles. The molecule has 1 aliphatic rings. The molecule has 0 radical (unpaired) electrons. The summed E-state index contributed by atoms with van der Waals surface area (Å²) in [5.74, 6) is 3.05. The highest BCUT2D eigenvalue weighted by Gasteiger charge is 2.34. The second kappa shape index (κ2) is 2.77. The minimum atomic E-state index is 0. The zero-order valence-electron chi connectivity index (χ0n) is 5.94. The topological polar surface area (TPSA) is 0 Å². The van der Waals surface area contributed by atoms with E-state index in [2.05, 4.69) is 20.8 Å². The molecule has 0 spiro atoms. The van der Waals surface area contributed by atoms with Crippen LogP contribution < -0.4 is 0 Å². The van der Waals surface area contributed by atoms with E-state index in [1.807, 2.05) is 0 Å². The van der Waals surface area contributed by atoms with Gasteiger partial charge in [-0.1, -0.05) is 20.8 Å². The van der Waals surface area contributed by atoms with Gasteiger partial charge in [0.25, 0.3) is 0 Å². The molecule has 0 aromatic heterocycles. The summed E-state index contributed by atoms with van der Waals surface area (Å²) in [6, 6.07) is 0. The fraction of sp³-hybridized carbons (Fsp3) is 1.00. The summed E-state index contributed by atoms with van der Waals surface area (Å²) in [5.41, 5.74) is 0. The van der Waals surface area contributed by atoms with Crippen molar-refractivity contribution in [2.24, 2.45) is 17.8 Å². The van der Waals surface area contributed by atoms with E-state index in [0.717, 1.165) is 17.8 Å². The highest BCUT2D eigenvalue weighted by Crippen LogP contribution is 2.43. The Morgan fingerprint density at radius 1 is 1.38 bits per heavy atom. The molecule has 50 valence electrons. The molecule has 0 bridgehead atoms. The maximum absolute atomic E-state index is 2.34. The molecule has 0 aliphatic heterocycles. The van der Waals surface area contributed by atoms with Gasteiger partial charge in [0.1, 0.15) is 0 Å². The lowest BCUT2D eigenvalue weighted by Crippen LogP contribution is -1.89. The minimum absolute atomic E-state index is 0. The summed E-state index contributed by atoms with van der Waals surface area (Å²) in [4.78, 5) is 0. The quantitative estimate of drug-likeness (QED) is 0.514. The van der Waals surface area contributed by atoms with Gasteiger partial charge in [-0.05, 0) is 24.2 Å². The first-order valence-electron chi connectivity index (χ1n) is 3.22. The Morgan fingerprint density at radius 2 is 1.75 bits per heavy atom. The molecule has 0 aromatic carbocycles. The molecule has 0 heterocycles. The molecule has 0 saturated heterocycles. The van der Waals surface area contributed by atoms with Crippen molar-refractivity contribution < 1.29 is 0 Å². The first kappa shape index (κ1) is 8.35. The van der Waals surface area contributed by atoms with Crippen LogP contribution in [0.3, 0.4) is 0 Å². The Labute approximate surface area is 59.1 Å². The molecule has 1 aliphatic carbocycles. The number of hydrogen-bond acceptors (Lipinski definition) is 0. The second-order valence-corrected chi connectivity index (χ2v) is 3.12. The van der Waals surface area contributed by atoms with Gasteiger partial charge in [-0.2, -0.15) is 13.5 Å². The molecule has 0 N–H and O–H groups in total. The molecular formula is C7H16S. The van der Waals surface area contributed by atoms with Crippen LogP contribution in [0.25, 0.3) is 0 Å². The predicted octanol–water partition coefficient (Wildman–Crippen LogP) is 2.41. The Hall–Kier alpha value is 0.350. The van der Waals surface area contributed by atoms with Gasteiger partial charge in [0.15, 0.2) is 0 Å². The Kier molecular flexibility index (Phi) is 2.89. The van der Waals surface area contributed by atoms with Crippen LogP contribution in [-0.2, 0) is 0 Å². The monoisotopic (exact) mass is 132 g/mol. The first-order valence-corrected chi connectivity index (χ1v) is 3.22. The van der Waals surface area contributed by atoms with Crippen molar-refractivity contribution in [3.05, 3.63) is 0 Å². The van der Waals surface area contributed by atoms with Crippen molar-refractivity contribution in [3.63, 3.8) is 0 Å². The van der Waals surface area contributed by atoms with Crippen LogP contribution >= 0.6 is 13.5 Å². The molecule has 8 heavy (non-hydrogen) atoms. The summed E-state index contributed by atoms with van der Waals surface area (Å²) in [5, 5.41) is 0. The smallest absolute Gasteiger partial charge is 0.0363 e. The molecule has 1 heteroatoms. The van der Waals surface area contributed by atoms with E-state index in [-0.39, 0.29) is 13.5 Å². The van der Waals surface area contributed by atoms with Gasteiger partial charge in [-0.3, -0.25) is 0 Å². The lowest BCUT2D eigenvalue weighted by molar-refractivity contribution is 0.530. The van der Waals surface area contributed by atoms with E-state index in [4.69, 9.17) is 0 Å². The van der Waals surface area contributed by atoms with Gasteiger partial charge in [0.05, 0.1) is 0 Å². The fourth-order valence-electron chi connectivity index (χ4n) is 1.28. The van der Waals surface area contributed by atoms with Gasteiger partial charge >= 0.3 is 0 Å². The third-order valence-corrected chi connectivity index (χ3v) is 2.03. The number of rotatable bonds is 1. The van der Waals surface area contributed by atoms with Crippen LogP contribution in [0, 0.1) is 17.8 Å². The lowest BCUT2D eigenvalue weighted by Gasteiger charge is -1.97. The third-order valence-electron chi connectivity index (χ3n) is 2.03. The maximum atomic E-state index is 2.34. The van der Waals surface area contributed by atoms with Crippen molar-refractivity contribution in [1.82, 2.24) is 0 Å². The largest absolute Gasteiger partial charge is 0.197 e. The maximum Gasteiger partial charge on any atom is -0.0363 e.